The molecule has 0 spiro atoms. The van der Waals surface area contributed by atoms with Crippen molar-refractivity contribution in [3.63, 3.8) is 0 Å². The van der Waals surface area contributed by atoms with Gasteiger partial charge in [0.25, 0.3) is 11.6 Å². The fourth-order valence-corrected chi connectivity index (χ4v) is 2.00. The van der Waals surface area contributed by atoms with Crippen molar-refractivity contribution in [1.29, 1.82) is 0 Å². The van der Waals surface area contributed by atoms with E-state index in [1.165, 1.54) is 18.2 Å². The van der Waals surface area contributed by atoms with E-state index in [1.807, 2.05) is 13.8 Å². The summed E-state index contributed by atoms with van der Waals surface area (Å²) in [7, 11) is 0. The molecule has 1 aromatic carbocycles. The van der Waals surface area contributed by atoms with E-state index in [-0.39, 0.29) is 23.2 Å². The standard InChI is InChI=1S/C13H17ClN2O3/c1-9(2)11(7-8-14)15-13(17)10-5-3-4-6-12(10)16(18)19/h3-6,9,11H,7-8H2,1-2H3,(H,15,17). The maximum Gasteiger partial charge on any atom is 0.282 e. The molecule has 0 bridgehead atoms. The summed E-state index contributed by atoms with van der Waals surface area (Å²) in [5, 5.41) is 13.7. The summed E-state index contributed by atoms with van der Waals surface area (Å²) in [6.45, 7) is 3.94. The van der Waals surface area contributed by atoms with Crippen LogP contribution in [0, 0.1) is 16.0 Å². The van der Waals surface area contributed by atoms with Crippen molar-refractivity contribution < 1.29 is 9.72 Å². The molecule has 1 amide bonds. The normalized spacial score (nSPS) is 12.2. The van der Waals surface area contributed by atoms with Gasteiger partial charge in [-0.3, -0.25) is 14.9 Å². The Morgan fingerprint density at radius 3 is 2.58 bits per heavy atom. The van der Waals surface area contributed by atoms with Gasteiger partial charge in [-0.25, -0.2) is 0 Å². The van der Waals surface area contributed by atoms with Crippen LogP contribution in [0.15, 0.2) is 24.3 Å². The van der Waals surface area contributed by atoms with Gasteiger partial charge in [-0.1, -0.05) is 26.0 Å². The zero-order valence-corrected chi connectivity index (χ0v) is 11.7. The van der Waals surface area contributed by atoms with Crippen LogP contribution in [0.5, 0.6) is 0 Å². The molecule has 0 fully saturated rings. The van der Waals surface area contributed by atoms with Crippen molar-refractivity contribution in [3.05, 3.63) is 39.9 Å². The quantitative estimate of drug-likeness (QED) is 0.496. The zero-order valence-electron chi connectivity index (χ0n) is 10.9. The van der Waals surface area contributed by atoms with Crippen molar-refractivity contribution in [1.82, 2.24) is 5.32 Å². The number of nitrogens with one attached hydrogen (secondary N) is 1. The minimum absolute atomic E-state index is 0.0766. The Morgan fingerprint density at radius 1 is 1.42 bits per heavy atom. The average Bonchev–Trinajstić information content (AvgIpc) is 2.37. The number of alkyl halides is 1. The summed E-state index contributed by atoms with van der Waals surface area (Å²) >= 11 is 5.69. The first-order valence-electron chi connectivity index (χ1n) is 6.07. The van der Waals surface area contributed by atoms with E-state index in [9.17, 15) is 14.9 Å². The van der Waals surface area contributed by atoms with Gasteiger partial charge in [0.15, 0.2) is 0 Å². The number of carbonyl (C=O) groups is 1. The summed E-state index contributed by atoms with van der Waals surface area (Å²) in [5.74, 6) is 0.210. The summed E-state index contributed by atoms with van der Waals surface area (Å²) in [6.07, 6.45) is 0.631. The van der Waals surface area contributed by atoms with Gasteiger partial charge in [0.2, 0.25) is 0 Å². The minimum Gasteiger partial charge on any atom is -0.349 e. The second-order valence-electron chi connectivity index (χ2n) is 4.58. The summed E-state index contributed by atoms with van der Waals surface area (Å²) in [5.41, 5.74) is -0.110. The molecule has 1 rings (SSSR count). The Labute approximate surface area is 117 Å². The Bertz CT molecular complexity index is 463. The molecule has 104 valence electrons. The zero-order chi connectivity index (χ0) is 14.4. The number of amides is 1. The lowest BCUT2D eigenvalue weighted by Crippen LogP contribution is -2.39. The highest BCUT2D eigenvalue weighted by molar-refractivity contribution is 6.17. The van der Waals surface area contributed by atoms with Crippen LogP contribution in [-0.4, -0.2) is 22.8 Å². The van der Waals surface area contributed by atoms with Crippen LogP contribution in [0.3, 0.4) is 0 Å². The number of para-hydroxylation sites is 1. The second-order valence-corrected chi connectivity index (χ2v) is 4.95. The van der Waals surface area contributed by atoms with Crippen LogP contribution in [0.1, 0.15) is 30.6 Å². The highest BCUT2D eigenvalue weighted by atomic mass is 35.5. The van der Waals surface area contributed by atoms with Crippen molar-refractivity contribution in [2.75, 3.05) is 5.88 Å². The lowest BCUT2D eigenvalue weighted by Gasteiger charge is -2.21. The molecule has 0 radical (unpaired) electrons. The molecule has 0 saturated heterocycles. The molecule has 0 aliphatic rings. The van der Waals surface area contributed by atoms with Crippen LogP contribution in [0.4, 0.5) is 5.69 Å². The lowest BCUT2D eigenvalue weighted by molar-refractivity contribution is -0.385. The predicted molar refractivity (Wildman–Crippen MR) is 74.5 cm³/mol. The van der Waals surface area contributed by atoms with Crippen LogP contribution in [0.2, 0.25) is 0 Å². The van der Waals surface area contributed by atoms with E-state index in [4.69, 9.17) is 11.6 Å². The van der Waals surface area contributed by atoms with Gasteiger partial charge in [0.05, 0.1) is 4.92 Å². The molecule has 1 aromatic rings. The molecule has 0 heterocycles. The van der Waals surface area contributed by atoms with Gasteiger partial charge >= 0.3 is 0 Å². The maximum atomic E-state index is 12.1. The molecule has 0 aliphatic carbocycles. The molecule has 0 aromatic heterocycles. The number of hydrogen-bond acceptors (Lipinski definition) is 3. The van der Waals surface area contributed by atoms with Gasteiger partial charge in [0, 0.05) is 18.0 Å². The third-order valence-corrected chi connectivity index (χ3v) is 3.10. The second kappa shape index (κ2) is 7.09. The molecule has 1 N–H and O–H groups in total. The third-order valence-electron chi connectivity index (χ3n) is 2.89. The molecule has 1 unspecified atom stereocenters. The number of benzene rings is 1. The van der Waals surface area contributed by atoms with Crippen LogP contribution in [-0.2, 0) is 0 Å². The van der Waals surface area contributed by atoms with Crippen molar-refractivity contribution >= 4 is 23.2 Å². The molecule has 0 saturated carbocycles. The number of nitro groups is 1. The first-order valence-corrected chi connectivity index (χ1v) is 6.61. The molecule has 0 aliphatic heterocycles. The number of nitro benzene ring substituents is 1. The van der Waals surface area contributed by atoms with Crippen molar-refractivity contribution in [3.8, 4) is 0 Å². The fourth-order valence-electron chi connectivity index (χ4n) is 1.76. The van der Waals surface area contributed by atoms with E-state index >= 15 is 0 Å². The van der Waals surface area contributed by atoms with Crippen LogP contribution < -0.4 is 5.32 Å². The molecule has 5 nitrogen and oxygen atoms in total. The monoisotopic (exact) mass is 284 g/mol. The average molecular weight is 285 g/mol. The highest BCUT2D eigenvalue weighted by Crippen LogP contribution is 2.18. The van der Waals surface area contributed by atoms with Gasteiger partial charge in [-0.15, -0.1) is 11.6 Å². The Balaban J connectivity index is 2.91. The Morgan fingerprint density at radius 2 is 2.05 bits per heavy atom. The largest absolute Gasteiger partial charge is 0.349 e. The number of hydrogen-bond donors (Lipinski definition) is 1. The van der Waals surface area contributed by atoms with Crippen molar-refractivity contribution in [2.45, 2.75) is 26.3 Å². The minimum atomic E-state index is -0.555. The SMILES string of the molecule is CC(C)C(CCCl)NC(=O)c1ccccc1[N+](=O)[O-]. The number of nitrogens with zero attached hydrogens (tertiary/aromatic N) is 1. The van der Waals surface area contributed by atoms with E-state index < -0.39 is 10.8 Å². The first-order chi connectivity index (χ1) is 8.97. The van der Waals surface area contributed by atoms with Gasteiger partial charge in [-0.2, -0.15) is 0 Å². The molecule has 19 heavy (non-hydrogen) atoms. The molecule has 1 atom stereocenters. The summed E-state index contributed by atoms with van der Waals surface area (Å²) < 4.78 is 0. The summed E-state index contributed by atoms with van der Waals surface area (Å²) in [4.78, 5) is 22.4. The van der Waals surface area contributed by atoms with E-state index in [0.29, 0.717) is 12.3 Å². The maximum absolute atomic E-state index is 12.1. The van der Waals surface area contributed by atoms with Gasteiger partial charge < -0.3 is 5.32 Å². The molecular weight excluding hydrogens is 268 g/mol. The van der Waals surface area contributed by atoms with Crippen LogP contribution >= 0.6 is 11.6 Å². The number of carbonyl (C=O) groups excluding carboxylic acids is 1. The number of rotatable bonds is 6. The highest BCUT2D eigenvalue weighted by Gasteiger charge is 2.22. The predicted octanol–water partition coefficient (Wildman–Crippen LogP) is 2.98. The fraction of sp³-hybridized carbons (Fsp3) is 0.462. The van der Waals surface area contributed by atoms with Gasteiger partial charge in [-0.05, 0) is 18.4 Å². The smallest absolute Gasteiger partial charge is 0.282 e. The first kappa shape index (κ1) is 15.4. The molecule has 6 heteroatoms. The topological polar surface area (TPSA) is 72.2 Å². The third kappa shape index (κ3) is 4.21. The van der Waals surface area contributed by atoms with E-state index in [0.717, 1.165) is 0 Å². The lowest BCUT2D eigenvalue weighted by atomic mass is 10.0. The van der Waals surface area contributed by atoms with E-state index in [1.54, 1.807) is 6.07 Å². The van der Waals surface area contributed by atoms with Crippen LogP contribution in [0.25, 0.3) is 0 Å². The Kier molecular flexibility index (Phi) is 5.76. The number of halogens is 1. The van der Waals surface area contributed by atoms with Gasteiger partial charge in [0.1, 0.15) is 5.56 Å². The summed E-state index contributed by atoms with van der Waals surface area (Å²) in [6, 6.07) is 5.82. The van der Waals surface area contributed by atoms with E-state index in [2.05, 4.69) is 5.32 Å². The Hall–Kier alpha value is -1.62. The van der Waals surface area contributed by atoms with Crippen molar-refractivity contribution in [2.24, 2.45) is 5.92 Å². The molecular formula is C13H17ClN2O3.